The van der Waals surface area contributed by atoms with E-state index in [1.807, 2.05) is 13.8 Å². The fourth-order valence-corrected chi connectivity index (χ4v) is 8.79. The first-order valence-electron chi connectivity index (χ1n) is 11.2. The molecule has 1 unspecified atom stereocenters. The second-order valence-corrected chi connectivity index (χ2v) is 11.6. The van der Waals surface area contributed by atoms with Crippen LogP contribution >= 0.6 is 0 Å². The highest BCUT2D eigenvalue weighted by Gasteiger charge is 2.90. The zero-order chi connectivity index (χ0) is 22.4. The molecule has 0 aromatic heterocycles. The third-order valence-corrected chi connectivity index (χ3v) is 9.40. The Kier molecular flexibility index (Phi) is 3.45. The van der Waals surface area contributed by atoms with Crippen LogP contribution < -0.4 is 0 Å². The number of ether oxygens (including phenoxy) is 3. The molecule has 7 fully saturated rings. The Morgan fingerprint density at radius 1 is 1.13 bits per heavy atom. The summed E-state index contributed by atoms with van der Waals surface area (Å²) in [6.45, 7) is 11.7. The SMILES string of the molecule is C=C1C(=O)[C@@]23C4CC[C@@H]1[C@H]2OC(C)(C)O[C@]31OC[C@]42C(=O)/C(=C\O)CC(C)(C)[C@H]2[C@@H]1O. The summed E-state index contributed by atoms with van der Waals surface area (Å²) in [5.74, 6) is -4.18. The summed E-state index contributed by atoms with van der Waals surface area (Å²) in [5.41, 5.74) is -2.17. The zero-order valence-electron chi connectivity index (χ0n) is 18.4. The van der Waals surface area contributed by atoms with Gasteiger partial charge < -0.3 is 24.4 Å². The molecule has 7 nitrogen and oxygen atoms in total. The lowest BCUT2D eigenvalue weighted by atomic mass is 9.35. The molecule has 31 heavy (non-hydrogen) atoms. The van der Waals surface area contributed by atoms with E-state index in [0.717, 1.165) is 6.26 Å². The van der Waals surface area contributed by atoms with Crippen LogP contribution in [0.3, 0.4) is 0 Å². The minimum absolute atomic E-state index is 0.0496. The lowest BCUT2D eigenvalue weighted by molar-refractivity contribution is -0.523. The molecule has 3 spiro atoms. The predicted molar refractivity (Wildman–Crippen MR) is 108 cm³/mol. The number of ketones is 2. The van der Waals surface area contributed by atoms with Crippen LogP contribution in [-0.2, 0) is 23.8 Å². The van der Waals surface area contributed by atoms with Crippen LogP contribution in [0.2, 0.25) is 0 Å². The van der Waals surface area contributed by atoms with Gasteiger partial charge in [0, 0.05) is 17.4 Å². The Morgan fingerprint density at radius 2 is 1.84 bits per heavy atom. The molecule has 2 N–H and O–H groups in total. The molecular weight excluding hydrogens is 400 g/mol. The van der Waals surface area contributed by atoms with Crippen LogP contribution in [0.5, 0.6) is 0 Å². The van der Waals surface area contributed by atoms with Gasteiger partial charge in [0.1, 0.15) is 11.5 Å². The van der Waals surface area contributed by atoms with E-state index >= 15 is 0 Å². The second-order valence-electron chi connectivity index (χ2n) is 11.6. The first kappa shape index (κ1) is 20.1. The lowest BCUT2D eigenvalue weighted by Gasteiger charge is -2.76. The Labute approximate surface area is 181 Å². The Bertz CT molecular complexity index is 978. The highest BCUT2D eigenvalue weighted by atomic mass is 16.8. The van der Waals surface area contributed by atoms with Crippen molar-refractivity contribution in [2.75, 3.05) is 6.61 Å². The quantitative estimate of drug-likeness (QED) is 0.449. The number of carbonyl (C=O) groups is 2. The van der Waals surface area contributed by atoms with Crippen molar-refractivity contribution >= 4 is 11.6 Å². The molecule has 7 aliphatic rings. The van der Waals surface area contributed by atoms with Gasteiger partial charge in [0.25, 0.3) is 0 Å². The van der Waals surface area contributed by atoms with Crippen LogP contribution in [0.15, 0.2) is 24.0 Å². The van der Waals surface area contributed by atoms with Crippen molar-refractivity contribution in [3.63, 3.8) is 0 Å². The first-order chi connectivity index (χ1) is 14.4. The van der Waals surface area contributed by atoms with E-state index in [-0.39, 0.29) is 24.1 Å². The van der Waals surface area contributed by atoms with E-state index in [2.05, 4.69) is 6.58 Å². The molecule has 7 heteroatoms. The molecule has 3 saturated heterocycles. The first-order valence-corrected chi connectivity index (χ1v) is 11.2. The van der Waals surface area contributed by atoms with E-state index in [9.17, 15) is 19.8 Å². The van der Waals surface area contributed by atoms with Crippen LogP contribution in [-0.4, -0.2) is 52.2 Å². The van der Waals surface area contributed by atoms with Gasteiger partial charge in [-0.3, -0.25) is 9.59 Å². The molecule has 0 radical (unpaired) electrons. The van der Waals surface area contributed by atoms with Crippen molar-refractivity contribution in [2.24, 2.45) is 34.0 Å². The van der Waals surface area contributed by atoms with E-state index in [4.69, 9.17) is 14.2 Å². The molecule has 3 heterocycles. The maximum absolute atomic E-state index is 14.0. The largest absolute Gasteiger partial charge is 0.515 e. The van der Waals surface area contributed by atoms with Gasteiger partial charge in [-0.2, -0.15) is 0 Å². The van der Waals surface area contributed by atoms with Gasteiger partial charge in [-0.25, -0.2) is 0 Å². The fourth-order valence-electron chi connectivity index (χ4n) is 8.79. The monoisotopic (exact) mass is 430 g/mol. The number of rotatable bonds is 0. The summed E-state index contributed by atoms with van der Waals surface area (Å²) in [6.07, 6.45) is 0.774. The van der Waals surface area contributed by atoms with E-state index in [1.54, 1.807) is 13.8 Å². The normalized spacial score (nSPS) is 54.7. The van der Waals surface area contributed by atoms with Gasteiger partial charge in [-0.15, -0.1) is 0 Å². The molecular formula is C24H30O7. The molecule has 4 bridgehead atoms. The molecule has 4 saturated carbocycles. The van der Waals surface area contributed by atoms with Crippen LogP contribution in [0.25, 0.3) is 0 Å². The molecule has 4 aliphatic carbocycles. The molecule has 0 amide bonds. The number of carbonyl (C=O) groups excluding carboxylic acids is 2. The van der Waals surface area contributed by atoms with Crippen LogP contribution in [0.1, 0.15) is 47.0 Å². The van der Waals surface area contributed by atoms with Gasteiger partial charge in [0.05, 0.1) is 24.4 Å². The van der Waals surface area contributed by atoms with E-state index < -0.39 is 51.9 Å². The van der Waals surface area contributed by atoms with Gasteiger partial charge in [0.2, 0.25) is 5.79 Å². The van der Waals surface area contributed by atoms with Crippen molar-refractivity contribution in [2.45, 2.75) is 70.7 Å². The topological polar surface area (TPSA) is 102 Å². The maximum atomic E-state index is 14.0. The smallest absolute Gasteiger partial charge is 0.213 e. The number of hydrogen-bond acceptors (Lipinski definition) is 7. The Hall–Kier alpha value is -1.54. The highest BCUT2D eigenvalue weighted by molar-refractivity contribution is 6.08. The van der Waals surface area contributed by atoms with Gasteiger partial charge >= 0.3 is 0 Å². The van der Waals surface area contributed by atoms with Crippen molar-refractivity contribution in [3.05, 3.63) is 24.0 Å². The number of aliphatic hydroxyl groups is 2. The fraction of sp³-hybridized carbons (Fsp3) is 0.750. The lowest BCUT2D eigenvalue weighted by Crippen LogP contribution is -2.88. The second kappa shape index (κ2) is 5.33. The predicted octanol–water partition coefficient (Wildman–Crippen LogP) is 2.43. The highest BCUT2D eigenvalue weighted by Crippen LogP contribution is 2.78. The summed E-state index contributed by atoms with van der Waals surface area (Å²) in [6, 6.07) is 0. The number of allylic oxidation sites excluding steroid dienone is 1. The average Bonchev–Trinajstić information content (AvgIpc) is 2.80. The summed E-state index contributed by atoms with van der Waals surface area (Å²) >= 11 is 0. The van der Waals surface area contributed by atoms with Gasteiger partial charge in [0.15, 0.2) is 17.4 Å². The number of fused-ring (bicyclic) bond motifs is 1. The Balaban J connectivity index is 1.70. The van der Waals surface area contributed by atoms with Gasteiger partial charge in [-0.05, 0) is 50.0 Å². The standard InChI is InChI=1S/C24H30O7/c1-11-13-6-7-14-22-10-29-24(23(14,16(11)26)19(13)30-21(4,5)31-24)18(28)15(22)20(2,3)8-12(9-25)17(22)27/h9,13-15,18-19,25,28H,1,6-8,10H2,2-5H3/b12-9-/t13-,14?,15+,18-,19+,22-,23-,24-/m0/s1. The zero-order valence-corrected chi connectivity index (χ0v) is 18.4. The van der Waals surface area contributed by atoms with Crippen molar-refractivity contribution in [1.29, 1.82) is 0 Å². The summed E-state index contributed by atoms with van der Waals surface area (Å²) in [5, 5.41) is 21.9. The van der Waals surface area contributed by atoms with Crippen molar-refractivity contribution in [3.8, 4) is 0 Å². The van der Waals surface area contributed by atoms with Crippen LogP contribution in [0, 0.1) is 34.0 Å². The van der Waals surface area contributed by atoms with E-state index in [1.165, 1.54) is 0 Å². The molecule has 7 rings (SSSR count). The van der Waals surface area contributed by atoms with Crippen LogP contribution in [0.4, 0.5) is 0 Å². The summed E-state index contributed by atoms with van der Waals surface area (Å²) in [7, 11) is 0. The minimum atomic E-state index is -1.59. The molecule has 168 valence electrons. The third-order valence-electron chi connectivity index (χ3n) is 9.40. The molecule has 0 aromatic carbocycles. The summed E-state index contributed by atoms with van der Waals surface area (Å²) < 4.78 is 19.2. The Morgan fingerprint density at radius 3 is 2.52 bits per heavy atom. The van der Waals surface area contributed by atoms with Crippen molar-refractivity contribution < 1.29 is 34.0 Å². The maximum Gasteiger partial charge on any atom is 0.213 e. The average molecular weight is 430 g/mol. The summed E-state index contributed by atoms with van der Waals surface area (Å²) in [4.78, 5) is 27.9. The molecule has 3 aliphatic heterocycles. The van der Waals surface area contributed by atoms with E-state index in [0.29, 0.717) is 30.4 Å². The number of aliphatic hydroxyl groups excluding tert-OH is 2. The number of hydrogen-bond donors (Lipinski definition) is 2. The van der Waals surface area contributed by atoms with Crippen molar-refractivity contribution in [1.82, 2.24) is 0 Å². The number of Topliss-reactive ketones (excluding diaryl/α,β-unsaturated/α-hetero) is 2. The third kappa shape index (κ3) is 1.79. The minimum Gasteiger partial charge on any atom is -0.515 e. The molecule has 8 atom stereocenters. The molecule has 0 aromatic rings. The van der Waals surface area contributed by atoms with Gasteiger partial charge in [-0.1, -0.05) is 20.4 Å².